The SMILES string of the molecule is CC(C)(C)OC(=O)COC1(C(=O)N2CCN(c3cc(S(=O)(=O)N(COCC[Si]C(C)(C)C)C4(C#N)CC4)cn4c(-c5nnc(C(F)F)s5)ncc34)CC2)CC1. The van der Waals surface area contributed by atoms with Gasteiger partial charge in [-0.3, -0.25) is 9.20 Å². The minimum absolute atomic E-state index is 0.0721. The number of hydrogen-bond donors (Lipinski definition) is 0. The number of carbonyl (C=O) groups is 2. The number of hydrogen-bond acceptors (Lipinski definition) is 13. The zero-order chi connectivity index (χ0) is 40.0. The molecule has 0 bridgehead atoms. The zero-order valence-electron chi connectivity index (χ0n) is 31.8. The summed E-state index contributed by atoms with van der Waals surface area (Å²) in [5, 5.41) is 17.3. The minimum Gasteiger partial charge on any atom is -0.458 e. The molecule has 0 N–H and O–H groups in total. The van der Waals surface area contributed by atoms with E-state index in [9.17, 15) is 32.0 Å². The Morgan fingerprint density at radius 2 is 1.78 bits per heavy atom. The van der Waals surface area contributed by atoms with Gasteiger partial charge in [0.1, 0.15) is 35.0 Å². The van der Waals surface area contributed by atoms with E-state index in [0.717, 1.165) is 10.3 Å². The molecular weight excluding hydrogens is 775 g/mol. The molecule has 15 nitrogen and oxygen atoms in total. The summed E-state index contributed by atoms with van der Waals surface area (Å²) in [7, 11) is -3.78. The molecule has 55 heavy (non-hydrogen) atoms. The second kappa shape index (κ2) is 15.4. The van der Waals surface area contributed by atoms with Crippen LogP contribution in [0.5, 0.6) is 0 Å². The van der Waals surface area contributed by atoms with Gasteiger partial charge in [-0.05, 0) is 63.6 Å². The molecule has 3 aromatic heterocycles. The summed E-state index contributed by atoms with van der Waals surface area (Å²) in [6, 6.07) is 4.45. The molecule has 6 rings (SSSR count). The Hall–Kier alpha value is -3.61. The first kappa shape index (κ1) is 41.0. The van der Waals surface area contributed by atoms with Crippen LogP contribution in [0.15, 0.2) is 23.4 Å². The predicted molar refractivity (Wildman–Crippen MR) is 199 cm³/mol. The van der Waals surface area contributed by atoms with Crippen LogP contribution in [0.3, 0.4) is 0 Å². The topological polar surface area (TPSA) is 173 Å². The third-order valence-electron chi connectivity index (χ3n) is 9.41. The standard InChI is InChI=1S/C35H46F2N8O7S2Si/c1-32(2,3)52-26(46)20-51-35(9-10-35)31(47)43-13-11-42(12-14-43)24-17-23(19-44-25(24)18-39-28(44)30-41-40-29(53-30)27(36)37)54(48,49)45(34(21-38)7-8-34)22-50-15-16-55-33(4,5)6/h17-19,27H,7-16,20,22H2,1-6H3. The molecule has 4 heterocycles. The van der Waals surface area contributed by atoms with Crippen LogP contribution in [0.1, 0.15) is 78.7 Å². The number of pyridine rings is 1. The van der Waals surface area contributed by atoms with E-state index in [0.29, 0.717) is 77.4 Å². The van der Waals surface area contributed by atoms with Gasteiger partial charge in [-0.2, -0.15) is 9.57 Å². The Labute approximate surface area is 325 Å². The van der Waals surface area contributed by atoms with E-state index < -0.39 is 44.2 Å². The van der Waals surface area contributed by atoms with Crippen molar-refractivity contribution in [3.63, 3.8) is 0 Å². The van der Waals surface area contributed by atoms with E-state index in [4.69, 9.17) is 14.2 Å². The van der Waals surface area contributed by atoms with Gasteiger partial charge < -0.3 is 24.0 Å². The van der Waals surface area contributed by atoms with Crippen molar-refractivity contribution in [1.29, 1.82) is 5.26 Å². The summed E-state index contributed by atoms with van der Waals surface area (Å²) in [4.78, 5) is 33.9. The van der Waals surface area contributed by atoms with E-state index in [-0.39, 0.29) is 53.1 Å². The van der Waals surface area contributed by atoms with Crippen molar-refractivity contribution < 1.29 is 41.0 Å². The van der Waals surface area contributed by atoms with Gasteiger partial charge in [0.25, 0.3) is 12.3 Å². The highest BCUT2D eigenvalue weighted by molar-refractivity contribution is 7.89. The number of amides is 1. The maximum Gasteiger partial charge on any atom is 0.332 e. The molecule has 0 unspecified atom stereocenters. The number of nitrogens with zero attached hydrogens (tertiary/aromatic N) is 8. The number of rotatable bonds is 15. The van der Waals surface area contributed by atoms with E-state index >= 15 is 0 Å². The van der Waals surface area contributed by atoms with Crippen molar-refractivity contribution in [3.05, 3.63) is 23.5 Å². The molecule has 3 aromatic rings. The lowest BCUT2D eigenvalue weighted by molar-refractivity contribution is -0.167. The Balaban J connectivity index is 1.28. The second-order valence-electron chi connectivity index (χ2n) is 16.0. The van der Waals surface area contributed by atoms with Gasteiger partial charge in [0, 0.05) is 48.5 Å². The molecule has 3 fully saturated rings. The quantitative estimate of drug-likeness (QED) is 0.0898. The molecule has 298 valence electrons. The van der Waals surface area contributed by atoms with Gasteiger partial charge in [0.05, 0.1) is 23.5 Å². The Morgan fingerprint density at radius 1 is 1.09 bits per heavy atom. The van der Waals surface area contributed by atoms with Gasteiger partial charge in [-0.25, -0.2) is 27.0 Å². The molecule has 20 heteroatoms. The highest BCUT2D eigenvalue weighted by Crippen LogP contribution is 2.45. The van der Waals surface area contributed by atoms with Gasteiger partial charge in [0.15, 0.2) is 15.8 Å². The normalized spacial score (nSPS) is 18.2. The first-order valence-corrected chi connectivity index (χ1v) is 21.5. The summed E-state index contributed by atoms with van der Waals surface area (Å²) >= 11 is 0.653. The van der Waals surface area contributed by atoms with Crippen LogP contribution >= 0.6 is 11.3 Å². The summed E-state index contributed by atoms with van der Waals surface area (Å²) in [5.74, 6) is -0.653. The van der Waals surface area contributed by atoms with Crippen molar-refractivity contribution in [2.24, 2.45) is 0 Å². The molecule has 3 aliphatic rings. The number of sulfonamides is 1. The van der Waals surface area contributed by atoms with E-state index in [1.165, 1.54) is 22.9 Å². The number of fused-ring (bicyclic) bond motifs is 1. The monoisotopic (exact) mass is 820 g/mol. The molecule has 2 radical (unpaired) electrons. The number of piperazine rings is 1. The van der Waals surface area contributed by atoms with Crippen molar-refractivity contribution in [1.82, 2.24) is 28.8 Å². The molecule has 1 aliphatic heterocycles. The van der Waals surface area contributed by atoms with Crippen molar-refractivity contribution in [3.8, 4) is 16.9 Å². The van der Waals surface area contributed by atoms with Gasteiger partial charge in [-0.15, -0.1) is 10.2 Å². The fourth-order valence-electron chi connectivity index (χ4n) is 6.29. The number of nitriles is 1. The number of ether oxygens (including phenoxy) is 3. The molecule has 1 amide bonds. The van der Waals surface area contributed by atoms with Crippen molar-refractivity contribution in [2.75, 3.05) is 51.0 Å². The number of aromatic nitrogens is 4. The van der Waals surface area contributed by atoms with E-state index in [1.54, 1.807) is 25.7 Å². The molecule has 0 atom stereocenters. The molecular formula is C35H46F2N8O7S2Si. The molecule has 1 saturated heterocycles. The lowest BCUT2D eigenvalue weighted by Gasteiger charge is -2.38. The third kappa shape index (κ3) is 9.18. The van der Waals surface area contributed by atoms with Crippen LogP contribution in [0.2, 0.25) is 11.1 Å². The average molecular weight is 821 g/mol. The summed E-state index contributed by atoms with van der Waals surface area (Å²) in [5.41, 5.74) is -2.08. The fourth-order valence-corrected chi connectivity index (χ4v) is 9.63. The summed E-state index contributed by atoms with van der Waals surface area (Å²) in [6.45, 7) is 12.5. The molecule has 0 aromatic carbocycles. The van der Waals surface area contributed by atoms with Crippen LogP contribution in [0.4, 0.5) is 14.5 Å². The number of esters is 1. The Bertz CT molecular complexity index is 2060. The fraction of sp³-hybridized carbons (Fsp3) is 0.657. The van der Waals surface area contributed by atoms with E-state index in [2.05, 4.69) is 42.0 Å². The first-order valence-electron chi connectivity index (χ1n) is 18.1. The van der Waals surface area contributed by atoms with Crippen LogP contribution < -0.4 is 4.90 Å². The summed E-state index contributed by atoms with van der Waals surface area (Å²) in [6.07, 6.45) is 1.68. The number of alkyl halides is 2. The van der Waals surface area contributed by atoms with Gasteiger partial charge in [0.2, 0.25) is 10.0 Å². The largest absolute Gasteiger partial charge is 0.458 e. The molecule has 0 spiro atoms. The van der Waals surface area contributed by atoms with Crippen molar-refractivity contribution in [2.45, 2.75) is 106 Å². The Kier molecular flexibility index (Phi) is 11.5. The zero-order valence-corrected chi connectivity index (χ0v) is 34.4. The maximum absolute atomic E-state index is 14.6. The smallest absolute Gasteiger partial charge is 0.332 e. The minimum atomic E-state index is -4.38. The van der Waals surface area contributed by atoms with Crippen LogP contribution in [0, 0.1) is 11.3 Å². The molecule has 2 saturated carbocycles. The van der Waals surface area contributed by atoms with Gasteiger partial charge >= 0.3 is 5.97 Å². The maximum atomic E-state index is 14.6. The average Bonchev–Trinajstić information content (AvgIpc) is 3.98. The Morgan fingerprint density at radius 3 is 2.35 bits per heavy atom. The predicted octanol–water partition coefficient (Wildman–Crippen LogP) is 4.69. The third-order valence-corrected chi connectivity index (χ3v) is 13.7. The number of halogens is 2. The van der Waals surface area contributed by atoms with Crippen molar-refractivity contribution >= 4 is 54.0 Å². The number of imidazole rings is 1. The first-order chi connectivity index (χ1) is 25.8. The van der Waals surface area contributed by atoms with E-state index in [1.807, 2.05) is 4.90 Å². The van der Waals surface area contributed by atoms with Crippen LogP contribution in [-0.4, -0.2) is 121 Å². The highest BCUT2D eigenvalue weighted by Gasteiger charge is 2.55. The second-order valence-corrected chi connectivity index (χ2v) is 21.2. The summed E-state index contributed by atoms with van der Waals surface area (Å²) < 4.78 is 75.9. The number of anilines is 1. The lowest BCUT2D eigenvalue weighted by Crippen LogP contribution is -2.53. The molecule has 2 aliphatic carbocycles. The highest BCUT2D eigenvalue weighted by atomic mass is 32.2. The lowest BCUT2D eigenvalue weighted by atomic mass is 10.2. The number of carbonyl (C=O) groups excluding carboxylic acids is 2. The van der Waals surface area contributed by atoms with Crippen LogP contribution in [-0.2, 0) is 33.8 Å². The van der Waals surface area contributed by atoms with Gasteiger partial charge in [-0.1, -0.05) is 32.1 Å². The van der Waals surface area contributed by atoms with Crippen LogP contribution in [0.25, 0.3) is 16.3 Å².